The molecule has 0 N–H and O–H groups in total. The second-order valence-corrected chi connectivity index (χ2v) is 5.49. The zero-order chi connectivity index (χ0) is 19.8. The van der Waals surface area contributed by atoms with E-state index in [1.807, 2.05) is 0 Å². The van der Waals surface area contributed by atoms with Crippen LogP contribution in [-0.4, -0.2) is 39.1 Å². The zero-order valence-electron chi connectivity index (χ0n) is 15.3. The van der Waals surface area contributed by atoms with Crippen LogP contribution in [0.2, 0.25) is 0 Å². The number of carbonyl (C=O) groups is 3. The van der Waals surface area contributed by atoms with Gasteiger partial charge in [-0.15, -0.1) is 0 Å². The summed E-state index contributed by atoms with van der Waals surface area (Å²) in [6, 6.07) is 13.0. The van der Waals surface area contributed by atoms with Crippen LogP contribution in [0, 0.1) is 0 Å². The third-order valence-electron chi connectivity index (χ3n) is 3.80. The van der Waals surface area contributed by atoms with Crippen molar-refractivity contribution < 1.29 is 33.3 Å². The van der Waals surface area contributed by atoms with Crippen molar-refractivity contribution in [2.45, 2.75) is 12.5 Å². The number of carbonyl (C=O) groups excluding carboxylic acids is 3. The first-order valence-corrected chi connectivity index (χ1v) is 8.07. The smallest absolute Gasteiger partial charge is 0.318 e. The summed E-state index contributed by atoms with van der Waals surface area (Å²) in [6.07, 6.45) is -1.79. The van der Waals surface area contributed by atoms with E-state index in [1.165, 1.54) is 21.3 Å². The molecule has 0 radical (unpaired) electrons. The molecule has 2 aromatic carbocycles. The van der Waals surface area contributed by atoms with Gasteiger partial charge in [-0.2, -0.15) is 0 Å². The lowest BCUT2D eigenvalue weighted by Gasteiger charge is -2.18. The van der Waals surface area contributed by atoms with E-state index < -0.39 is 30.2 Å². The summed E-state index contributed by atoms with van der Waals surface area (Å²) in [4.78, 5) is 36.3. The molecule has 0 aliphatic rings. The van der Waals surface area contributed by atoms with Gasteiger partial charge in [0.05, 0.1) is 21.3 Å². The third-order valence-corrected chi connectivity index (χ3v) is 3.80. The first-order chi connectivity index (χ1) is 13.0. The Labute approximate surface area is 156 Å². The molecule has 27 heavy (non-hydrogen) atoms. The highest BCUT2D eigenvalue weighted by Crippen LogP contribution is 2.26. The van der Waals surface area contributed by atoms with Gasteiger partial charge in [0.25, 0.3) is 0 Å². The van der Waals surface area contributed by atoms with Crippen LogP contribution in [0.3, 0.4) is 0 Å². The Morgan fingerprint density at radius 3 is 1.78 bits per heavy atom. The highest BCUT2D eigenvalue weighted by Gasteiger charge is 2.27. The van der Waals surface area contributed by atoms with E-state index in [0.29, 0.717) is 22.6 Å². The lowest BCUT2D eigenvalue weighted by Crippen LogP contribution is -2.22. The van der Waals surface area contributed by atoms with Crippen molar-refractivity contribution in [1.29, 1.82) is 0 Å². The van der Waals surface area contributed by atoms with Gasteiger partial charge >= 0.3 is 11.9 Å². The number of benzene rings is 2. The standard InChI is InChI=1S/C20H20O7/c1-24-15-8-4-13(5-9-15)19(23)20(27-18(22)12-17(21)26-3)14-6-10-16(25-2)11-7-14/h4-11,20H,12H2,1-3H3. The Kier molecular flexibility index (Phi) is 6.93. The Morgan fingerprint density at radius 2 is 1.30 bits per heavy atom. The van der Waals surface area contributed by atoms with Crippen LogP contribution >= 0.6 is 0 Å². The highest BCUT2D eigenvalue weighted by molar-refractivity contribution is 6.02. The largest absolute Gasteiger partial charge is 0.497 e. The van der Waals surface area contributed by atoms with Crippen molar-refractivity contribution in [1.82, 2.24) is 0 Å². The van der Waals surface area contributed by atoms with Gasteiger partial charge in [-0.1, -0.05) is 12.1 Å². The Balaban J connectivity index is 2.30. The summed E-state index contributed by atoms with van der Waals surface area (Å²) < 4.78 is 19.9. The minimum absolute atomic E-state index is 0.336. The van der Waals surface area contributed by atoms with Gasteiger partial charge in [-0.25, -0.2) is 0 Å². The van der Waals surface area contributed by atoms with Gasteiger partial charge in [0.1, 0.15) is 17.9 Å². The predicted octanol–water partition coefficient (Wildman–Crippen LogP) is 2.73. The van der Waals surface area contributed by atoms with Crippen molar-refractivity contribution in [3.8, 4) is 11.5 Å². The number of ketones is 1. The molecule has 142 valence electrons. The molecule has 0 saturated heterocycles. The first-order valence-electron chi connectivity index (χ1n) is 8.07. The van der Waals surface area contributed by atoms with Crippen LogP contribution in [0.1, 0.15) is 28.4 Å². The molecule has 0 aliphatic carbocycles. The fraction of sp³-hybridized carbons (Fsp3) is 0.250. The third kappa shape index (κ3) is 5.31. The molecule has 1 unspecified atom stereocenters. The maximum Gasteiger partial charge on any atom is 0.318 e. The molecule has 0 bridgehead atoms. The fourth-order valence-electron chi connectivity index (χ4n) is 2.32. The minimum Gasteiger partial charge on any atom is -0.497 e. The van der Waals surface area contributed by atoms with E-state index >= 15 is 0 Å². The van der Waals surface area contributed by atoms with Crippen LogP contribution in [-0.2, 0) is 19.1 Å². The lowest BCUT2D eigenvalue weighted by atomic mass is 9.99. The van der Waals surface area contributed by atoms with E-state index in [4.69, 9.17) is 14.2 Å². The number of Topliss-reactive ketones (excluding diaryl/α,β-unsaturated/α-hetero) is 1. The van der Waals surface area contributed by atoms with Crippen molar-refractivity contribution in [3.63, 3.8) is 0 Å². The van der Waals surface area contributed by atoms with Crippen LogP contribution in [0.4, 0.5) is 0 Å². The summed E-state index contributed by atoms with van der Waals surface area (Å²) in [6.45, 7) is 0. The average molecular weight is 372 g/mol. The quantitative estimate of drug-likeness (QED) is 0.400. The number of hydrogen-bond donors (Lipinski definition) is 0. The van der Waals surface area contributed by atoms with E-state index in [-0.39, 0.29) is 0 Å². The Bertz CT molecular complexity index is 794. The molecular formula is C20H20O7. The number of esters is 2. The van der Waals surface area contributed by atoms with Gasteiger partial charge < -0.3 is 18.9 Å². The van der Waals surface area contributed by atoms with Crippen LogP contribution in [0.5, 0.6) is 11.5 Å². The van der Waals surface area contributed by atoms with Crippen LogP contribution in [0.15, 0.2) is 48.5 Å². The van der Waals surface area contributed by atoms with Crippen molar-refractivity contribution in [2.75, 3.05) is 21.3 Å². The number of rotatable bonds is 8. The van der Waals surface area contributed by atoms with E-state index in [9.17, 15) is 14.4 Å². The SMILES string of the molecule is COC(=O)CC(=O)OC(C(=O)c1ccc(OC)cc1)c1ccc(OC)cc1. The van der Waals surface area contributed by atoms with Crippen LogP contribution < -0.4 is 9.47 Å². The second-order valence-electron chi connectivity index (χ2n) is 5.49. The van der Waals surface area contributed by atoms with E-state index in [0.717, 1.165) is 0 Å². The van der Waals surface area contributed by atoms with Crippen LogP contribution in [0.25, 0.3) is 0 Å². The van der Waals surface area contributed by atoms with Crippen molar-refractivity contribution in [3.05, 3.63) is 59.7 Å². The minimum atomic E-state index is -1.21. The second kappa shape index (κ2) is 9.38. The molecule has 0 amide bonds. The number of hydrogen-bond acceptors (Lipinski definition) is 7. The monoisotopic (exact) mass is 372 g/mol. The lowest BCUT2D eigenvalue weighted by molar-refractivity contribution is -0.155. The average Bonchev–Trinajstić information content (AvgIpc) is 2.71. The van der Waals surface area contributed by atoms with Crippen molar-refractivity contribution >= 4 is 17.7 Å². The molecule has 0 fully saturated rings. The normalized spacial score (nSPS) is 11.2. The van der Waals surface area contributed by atoms with E-state index in [1.54, 1.807) is 48.5 Å². The Hall–Kier alpha value is -3.35. The number of methoxy groups -OCH3 is 3. The summed E-state index contributed by atoms with van der Waals surface area (Å²) in [7, 11) is 4.20. The highest BCUT2D eigenvalue weighted by atomic mass is 16.6. The van der Waals surface area contributed by atoms with E-state index in [2.05, 4.69) is 4.74 Å². The molecular weight excluding hydrogens is 352 g/mol. The molecule has 0 aromatic heterocycles. The molecule has 0 heterocycles. The van der Waals surface area contributed by atoms with Gasteiger partial charge in [-0.05, 0) is 36.4 Å². The molecule has 7 heteroatoms. The molecule has 0 aliphatic heterocycles. The maximum atomic E-state index is 12.9. The van der Waals surface area contributed by atoms with Crippen molar-refractivity contribution in [2.24, 2.45) is 0 Å². The summed E-state index contributed by atoms with van der Waals surface area (Å²) in [5, 5.41) is 0. The topological polar surface area (TPSA) is 88.1 Å². The molecule has 0 spiro atoms. The molecule has 2 aromatic rings. The fourth-order valence-corrected chi connectivity index (χ4v) is 2.32. The summed E-state index contributed by atoms with van der Waals surface area (Å²) >= 11 is 0. The van der Waals surface area contributed by atoms with Gasteiger partial charge in [-0.3, -0.25) is 14.4 Å². The summed E-state index contributed by atoms with van der Waals surface area (Å²) in [5.41, 5.74) is 0.789. The zero-order valence-corrected chi connectivity index (χ0v) is 15.3. The summed E-state index contributed by atoms with van der Waals surface area (Å²) in [5.74, 6) is -0.846. The molecule has 0 saturated carbocycles. The Morgan fingerprint density at radius 1 is 0.778 bits per heavy atom. The van der Waals surface area contributed by atoms with Gasteiger partial charge in [0, 0.05) is 11.1 Å². The number of ether oxygens (including phenoxy) is 4. The molecule has 1 atom stereocenters. The first kappa shape index (κ1) is 20.0. The molecule has 2 rings (SSSR count). The van der Waals surface area contributed by atoms with Gasteiger partial charge in [0.2, 0.25) is 5.78 Å². The van der Waals surface area contributed by atoms with Gasteiger partial charge in [0.15, 0.2) is 6.10 Å². The molecule has 7 nitrogen and oxygen atoms in total. The predicted molar refractivity (Wildman–Crippen MR) is 95.8 cm³/mol. The maximum absolute atomic E-state index is 12.9.